The van der Waals surface area contributed by atoms with E-state index in [0.717, 1.165) is 29.5 Å². The third-order valence-corrected chi connectivity index (χ3v) is 6.34. The van der Waals surface area contributed by atoms with E-state index in [2.05, 4.69) is 10.6 Å². The van der Waals surface area contributed by atoms with Crippen molar-refractivity contribution in [1.82, 2.24) is 15.5 Å². The molecule has 0 unspecified atom stereocenters. The molecule has 1 aliphatic heterocycles. The summed E-state index contributed by atoms with van der Waals surface area (Å²) in [6, 6.07) is 6.20. The van der Waals surface area contributed by atoms with Crippen molar-refractivity contribution in [3.63, 3.8) is 0 Å². The highest BCUT2D eigenvalue weighted by atomic mass is 35.5. The molecule has 1 aromatic carbocycles. The van der Waals surface area contributed by atoms with Gasteiger partial charge in [-0.2, -0.15) is 0 Å². The number of benzene rings is 1. The summed E-state index contributed by atoms with van der Waals surface area (Å²) < 4.78 is 5.77. The van der Waals surface area contributed by atoms with Crippen LogP contribution in [-0.2, 0) is 9.59 Å². The number of carbonyl (C=O) groups is 3. The Kier molecular flexibility index (Phi) is 5.02. The van der Waals surface area contributed by atoms with E-state index in [4.69, 9.17) is 16.0 Å². The second kappa shape index (κ2) is 7.37. The van der Waals surface area contributed by atoms with Gasteiger partial charge in [0.1, 0.15) is 23.4 Å². The Labute approximate surface area is 173 Å². The van der Waals surface area contributed by atoms with E-state index >= 15 is 0 Å². The maximum absolute atomic E-state index is 13.0. The fourth-order valence-corrected chi connectivity index (χ4v) is 4.57. The first-order valence-electron chi connectivity index (χ1n) is 9.92. The maximum Gasteiger partial charge on any atom is 0.325 e. The molecule has 29 heavy (non-hydrogen) atoms. The van der Waals surface area contributed by atoms with Crippen molar-refractivity contribution >= 4 is 40.4 Å². The van der Waals surface area contributed by atoms with Crippen molar-refractivity contribution in [2.45, 2.75) is 51.1 Å². The number of hydrogen-bond donors (Lipinski definition) is 2. The smallest absolute Gasteiger partial charge is 0.325 e. The van der Waals surface area contributed by atoms with Crippen molar-refractivity contribution in [2.75, 3.05) is 6.54 Å². The first-order chi connectivity index (χ1) is 13.8. The molecule has 1 spiro atoms. The van der Waals surface area contributed by atoms with E-state index in [0.29, 0.717) is 22.8 Å². The molecule has 7 nitrogen and oxygen atoms in total. The quantitative estimate of drug-likeness (QED) is 0.741. The molecule has 2 aromatic rings. The Bertz CT molecular complexity index is 987. The third-order valence-electron chi connectivity index (χ3n) is 6.10. The maximum atomic E-state index is 13.0. The molecule has 4 amide bonds. The summed E-state index contributed by atoms with van der Waals surface area (Å²) in [5, 5.41) is 7.11. The molecule has 8 heteroatoms. The van der Waals surface area contributed by atoms with Crippen LogP contribution in [0.3, 0.4) is 0 Å². The van der Waals surface area contributed by atoms with Crippen LogP contribution in [0.15, 0.2) is 28.7 Å². The molecule has 4 rings (SSSR count). The molecule has 1 saturated heterocycles. The summed E-state index contributed by atoms with van der Waals surface area (Å²) in [4.78, 5) is 39.0. The van der Waals surface area contributed by atoms with Crippen LogP contribution in [0.4, 0.5) is 4.79 Å². The summed E-state index contributed by atoms with van der Waals surface area (Å²) in [6.07, 6.45) is 3.45. The number of amides is 4. The highest BCUT2D eigenvalue weighted by molar-refractivity contribution is 6.31. The zero-order chi connectivity index (χ0) is 20.8. The molecule has 2 fully saturated rings. The number of fused-ring (bicyclic) bond motifs is 1. The van der Waals surface area contributed by atoms with Crippen LogP contribution in [0.2, 0.25) is 5.02 Å². The lowest BCUT2D eigenvalue weighted by Crippen LogP contribution is -2.54. The Hall–Kier alpha value is -2.54. The van der Waals surface area contributed by atoms with E-state index in [1.807, 2.05) is 13.0 Å². The van der Waals surface area contributed by atoms with Crippen LogP contribution < -0.4 is 10.6 Å². The highest BCUT2D eigenvalue weighted by Gasteiger charge is 2.55. The van der Waals surface area contributed by atoms with Crippen LogP contribution in [0, 0.1) is 5.92 Å². The first kappa shape index (κ1) is 19.8. The zero-order valence-corrected chi connectivity index (χ0v) is 17.2. The monoisotopic (exact) mass is 417 g/mol. The SMILES string of the molecule is C[C@H](NC(=O)CN1C(=O)N[C@]2(CCCC[C@@H]2C)C1=O)c1cc2cc(Cl)ccc2o1. The fraction of sp³-hybridized carbons (Fsp3) is 0.476. The molecule has 154 valence electrons. The van der Waals surface area contributed by atoms with Gasteiger partial charge in [-0.3, -0.25) is 14.5 Å². The van der Waals surface area contributed by atoms with Crippen molar-refractivity contribution in [2.24, 2.45) is 5.92 Å². The van der Waals surface area contributed by atoms with E-state index in [1.54, 1.807) is 25.1 Å². The number of urea groups is 1. The van der Waals surface area contributed by atoms with Gasteiger partial charge in [-0.1, -0.05) is 31.4 Å². The van der Waals surface area contributed by atoms with Gasteiger partial charge in [-0.25, -0.2) is 4.79 Å². The Morgan fingerprint density at radius 3 is 2.93 bits per heavy atom. The minimum absolute atomic E-state index is 0.0575. The molecule has 2 aliphatic rings. The largest absolute Gasteiger partial charge is 0.459 e. The molecule has 1 aliphatic carbocycles. The van der Waals surface area contributed by atoms with Gasteiger partial charge < -0.3 is 15.1 Å². The van der Waals surface area contributed by atoms with Crippen molar-refractivity contribution < 1.29 is 18.8 Å². The lowest BCUT2D eigenvalue weighted by atomic mass is 9.73. The van der Waals surface area contributed by atoms with E-state index in [-0.39, 0.29) is 18.4 Å². The van der Waals surface area contributed by atoms with Gasteiger partial charge in [0, 0.05) is 10.4 Å². The summed E-state index contributed by atoms with van der Waals surface area (Å²) >= 11 is 6.00. The summed E-state index contributed by atoms with van der Waals surface area (Å²) in [5.41, 5.74) is -0.188. The molecular formula is C21H24ClN3O4. The zero-order valence-electron chi connectivity index (χ0n) is 16.5. The Balaban J connectivity index is 1.43. The molecule has 1 aromatic heterocycles. The number of nitrogens with one attached hydrogen (secondary N) is 2. The van der Waals surface area contributed by atoms with Crippen LogP contribution in [0.5, 0.6) is 0 Å². The molecule has 2 heterocycles. The third kappa shape index (κ3) is 3.48. The van der Waals surface area contributed by atoms with Crippen molar-refractivity contribution in [3.8, 4) is 0 Å². The molecule has 0 bridgehead atoms. The number of furan rings is 1. The van der Waals surface area contributed by atoms with Crippen molar-refractivity contribution in [1.29, 1.82) is 0 Å². The Morgan fingerprint density at radius 1 is 1.38 bits per heavy atom. The van der Waals surface area contributed by atoms with Gasteiger partial charge in [0.05, 0.1) is 6.04 Å². The first-order valence-corrected chi connectivity index (χ1v) is 10.3. The lowest BCUT2D eigenvalue weighted by Gasteiger charge is -2.36. The number of nitrogens with zero attached hydrogens (tertiary/aromatic N) is 1. The minimum atomic E-state index is -0.862. The Morgan fingerprint density at radius 2 is 2.17 bits per heavy atom. The van der Waals surface area contributed by atoms with Crippen LogP contribution in [-0.4, -0.2) is 34.8 Å². The predicted octanol–water partition coefficient (Wildman–Crippen LogP) is 3.76. The van der Waals surface area contributed by atoms with Gasteiger partial charge in [0.15, 0.2) is 0 Å². The second-order valence-electron chi connectivity index (χ2n) is 8.06. The van der Waals surface area contributed by atoms with Crippen LogP contribution in [0.25, 0.3) is 11.0 Å². The van der Waals surface area contributed by atoms with Crippen molar-refractivity contribution in [3.05, 3.63) is 35.0 Å². The number of imide groups is 1. The molecule has 1 saturated carbocycles. The number of carbonyl (C=O) groups excluding carboxylic acids is 3. The molecule has 0 radical (unpaired) electrons. The lowest BCUT2D eigenvalue weighted by molar-refractivity contribution is -0.137. The topological polar surface area (TPSA) is 91.7 Å². The average Bonchev–Trinajstić information content (AvgIpc) is 3.19. The second-order valence-corrected chi connectivity index (χ2v) is 8.50. The molecule has 3 atom stereocenters. The van der Waals surface area contributed by atoms with Gasteiger partial charge >= 0.3 is 6.03 Å². The van der Waals surface area contributed by atoms with E-state index in [1.165, 1.54) is 0 Å². The highest BCUT2D eigenvalue weighted by Crippen LogP contribution is 2.38. The molecular weight excluding hydrogens is 394 g/mol. The summed E-state index contributed by atoms with van der Waals surface area (Å²) in [7, 11) is 0. The van der Waals surface area contributed by atoms with Crippen LogP contribution >= 0.6 is 11.6 Å². The number of hydrogen-bond acceptors (Lipinski definition) is 4. The van der Waals surface area contributed by atoms with E-state index in [9.17, 15) is 14.4 Å². The average molecular weight is 418 g/mol. The molecule has 2 N–H and O–H groups in total. The summed E-state index contributed by atoms with van der Waals surface area (Å²) in [5.74, 6) is -0.0804. The van der Waals surface area contributed by atoms with Gasteiger partial charge in [0.25, 0.3) is 5.91 Å². The summed E-state index contributed by atoms with van der Waals surface area (Å²) in [6.45, 7) is 3.46. The van der Waals surface area contributed by atoms with Gasteiger partial charge in [-0.15, -0.1) is 0 Å². The predicted molar refractivity (Wildman–Crippen MR) is 108 cm³/mol. The fourth-order valence-electron chi connectivity index (χ4n) is 4.39. The van der Waals surface area contributed by atoms with Crippen LogP contribution in [0.1, 0.15) is 51.3 Å². The normalized spacial score (nSPS) is 25.5. The van der Waals surface area contributed by atoms with Gasteiger partial charge in [0.2, 0.25) is 5.91 Å². The van der Waals surface area contributed by atoms with E-state index < -0.39 is 23.5 Å². The van der Waals surface area contributed by atoms with Gasteiger partial charge in [-0.05, 0) is 49.9 Å². The number of halogens is 1. The standard InChI is InChI=1S/C21H24ClN3O4/c1-12-5-3-4-8-21(12)19(27)25(20(28)24-21)11-18(26)23-13(2)17-10-14-9-15(22)6-7-16(14)29-17/h6-7,9-10,12-13H,3-5,8,11H2,1-2H3,(H,23,26)(H,24,28)/t12-,13-,21-/m0/s1. The minimum Gasteiger partial charge on any atom is -0.459 e. The number of rotatable bonds is 4.